The standard InChI is InChI=1S/C34H32O9/c35-32(38-20-24-10-4-1-5-11-24)31-34(37,42-22-26-14-8-3-9-15-26)33(36,41-21-25-12-6-2-7-13-25)19-30(43-31)27-16-17-28-29(18-27)40-23-39-28/h1-19,31-32,35-37H,20-23H2/t31-,32?,33+,34+/m1/s1. The van der Waals surface area contributed by atoms with Crippen LogP contribution in [0.15, 0.2) is 115 Å². The first-order valence-electron chi connectivity index (χ1n) is 13.9. The fourth-order valence-corrected chi connectivity index (χ4v) is 4.90. The predicted molar refractivity (Wildman–Crippen MR) is 155 cm³/mol. The number of aliphatic hydroxyl groups is 3. The number of hydrogen-bond donors (Lipinski definition) is 3. The second kappa shape index (κ2) is 12.6. The molecule has 2 aliphatic rings. The molecule has 43 heavy (non-hydrogen) atoms. The SMILES string of the molecule is OC(OCc1ccccc1)[C@H]1OC(c2ccc3c(c2)OCO3)=C[C@](O)(OCc2ccccc2)[C@@]1(O)OCc1ccccc1. The molecule has 0 radical (unpaired) electrons. The van der Waals surface area contributed by atoms with Crippen LogP contribution in [0.1, 0.15) is 22.3 Å². The smallest absolute Gasteiger partial charge is 0.269 e. The van der Waals surface area contributed by atoms with Crippen LogP contribution in [-0.2, 0) is 38.8 Å². The quantitative estimate of drug-likeness (QED) is 0.219. The Kier molecular flexibility index (Phi) is 8.44. The summed E-state index contributed by atoms with van der Waals surface area (Å²) in [4.78, 5) is 0. The number of ether oxygens (including phenoxy) is 6. The third kappa shape index (κ3) is 6.28. The van der Waals surface area contributed by atoms with Crippen LogP contribution in [0.3, 0.4) is 0 Å². The molecule has 0 saturated heterocycles. The lowest BCUT2D eigenvalue weighted by Crippen LogP contribution is -2.68. The van der Waals surface area contributed by atoms with Crippen molar-refractivity contribution in [3.8, 4) is 11.5 Å². The molecule has 9 nitrogen and oxygen atoms in total. The van der Waals surface area contributed by atoms with Crippen molar-refractivity contribution >= 4 is 5.76 Å². The molecule has 0 amide bonds. The zero-order chi connectivity index (χ0) is 29.7. The van der Waals surface area contributed by atoms with E-state index in [0.29, 0.717) is 22.6 Å². The maximum absolute atomic E-state index is 12.2. The van der Waals surface area contributed by atoms with Crippen LogP contribution in [0.2, 0.25) is 0 Å². The van der Waals surface area contributed by atoms with Gasteiger partial charge in [0.25, 0.3) is 5.79 Å². The van der Waals surface area contributed by atoms with Crippen molar-refractivity contribution in [1.82, 2.24) is 0 Å². The molecule has 222 valence electrons. The van der Waals surface area contributed by atoms with Crippen LogP contribution in [0.5, 0.6) is 11.5 Å². The van der Waals surface area contributed by atoms with Crippen LogP contribution in [0.25, 0.3) is 5.76 Å². The van der Waals surface area contributed by atoms with E-state index in [0.717, 1.165) is 11.1 Å². The fourth-order valence-electron chi connectivity index (χ4n) is 4.90. The third-order valence-electron chi connectivity index (χ3n) is 7.26. The van der Waals surface area contributed by atoms with Gasteiger partial charge in [-0.25, -0.2) is 0 Å². The van der Waals surface area contributed by atoms with Crippen LogP contribution in [0.4, 0.5) is 0 Å². The number of benzene rings is 4. The molecule has 2 heterocycles. The molecule has 3 N–H and O–H groups in total. The molecule has 4 aromatic rings. The molecule has 0 fully saturated rings. The van der Waals surface area contributed by atoms with Gasteiger partial charge in [0.1, 0.15) is 5.76 Å². The molecule has 4 aromatic carbocycles. The monoisotopic (exact) mass is 584 g/mol. The van der Waals surface area contributed by atoms with Crippen molar-refractivity contribution < 1.29 is 43.7 Å². The number of aliphatic hydroxyl groups excluding tert-OH is 1. The average Bonchev–Trinajstić information content (AvgIpc) is 3.53. The van der Waals surface area contributed by atoms with Gasteiger partial charge in [0.05, 0.1) is 19.8 Å². The van der Waals surface area contributed by atoms with E-state index in [9.17, 15) is 15.3 Å². The van der Waals surface area contributed by atoms with Crippen molar-refractivity contribution in [1.29, 1.82) is 0 Å². The first-order valence-corrected chi connectivity index (χ1v) is 13.9. The Labute approximate surface area is 249 Å². The minimum absolute atomic E-state index is 0.00298. The normalized spacial score (nSPS) is 23.3. The molecule has 0 bridgehead atoms. The van der Waals surface area contributed by atoms with E-state index in [1.165, 1.54) is 6.08 Å². The van der Waals surface area contributed by atoms with Gasteiger partial charge in [-0.1, -0.05) is 91.0 Å². The van der Waals surface area contributed by atoms with E-state index in [1.807, 2.05) is 91.0 Å². The summed E-state index contributed by atoms with van der Waals surface area (Å²) in [5, 5.41) is 35.8. The lowest BCUT2D eigenvalue weighted by Gasteiger charge is -2.48. The van der Waals surface area contributed by atoms with Gasteiger partial charge in [-0.2, -0.15) is 0 Å². The highest BCUT2D eigenvalue weighted by atomic mass is 16.7. The van der Waals surface area contributed by atoms with E-state index >= 15 is 0 Å². The minimum atomic E-state index is -2.63. The van der Waals surface area contributed by atoms with Crippen LogP contribution in [-0.4, -0.2) is 46.1 Å². The Morgan fingerprint density at radius 3 is 1.88 bits per heavy atom. The topological polar surface area (TPSA) is 116 Å². The fraction of sp³-hybridized carbons (Fsp3) is 0.235. The van der Waals surface area contributed by atoms with Crippen molar-refractivity contribution in [2.75, 3.05) is 6.79 Å². The first kappa shape index (κ1) is 28.9. The molecular weight excluding hydrogens is 552 g/mol. The van der Waals surface area contributed by atoms with Crippen LogP contribution >= 0.6 is 0 Å². The number of hydrogen-bond acceptors (Lipinski definition) is 9. The van der Waals surface area contributed by atoms with Gasteiger partial charge in [0.15, 0.2) is 17.8 Å². The molecule has 0 aromatic heterocycles. The molecule has 2 aliphatic heterocycles. The summed E-state index contributed by atoms with van der Waals surface area (Å²) in [5.41, 5.74) is 2.72. The Hall–Kier alpha value is -4.22. The third-order valence-corrected chi connectivity index (χ3v) is 7.26. The average molecular weight is 585 g/mol. The van der Waals surface area contributed by atoms with Crippen molar-refractivity contribution in [2.24, 2.45) is 0 Å². The zero-order valence-corrected chi connectivity index (χ0v) is 23.2. The summed E-state index contributed by atoms with van der Waals surface area (Å²) in [5.74, 6) is -4.00. The van der Waals surface area contributed by atoms with Crippen LogP contribution in [0, 0.1) is 0 Å². The first-order chi connectivity index (χ1) is 20.9. The lowest BCUT2D eigenvalue weighted by atomic mass is 9.92. The highest BCUT2D eigenvalue weighted by Crippen LogP contribution is 2.44. The maximum Gasteiger partial charge on any atom is 0.269 e. The van der Waals surface area contributed by atoms with E-state index < -0.39 is 24.0 Å². The Morgan fingerprint density at radius 2 is 1.26 bits per heavy atom. The largest absolute Gasteiger partial charge is 0.479 e. The second-order valence-corrected chi connectivity index (χ2v) is 10.2. The summed E-state index contributed by atoms with van der Waals surface area (Å²) in [6.07, 6.45) is -2.18. The van der Waals surface area contributed by atoms with E-state index in [-0.39, 0.29) is 32.4 Å². The number of fused-ring (bicyclic) bond motifs is 1. The highest BCUT2D eigenvalue weighted by molar-refractivity contribution is 5.66. The van der Waals surface area contributed by atoms with Gasteiger partial charge in [0, 0.05) is 11.6 Å². The zero-order valence-electron chi connectivity index (χ0n) is 23.2. The van der Waals surface area contributed by atoms with E-state index in [1.54, 1.807) is 18.2 Å². The Bertz CT molecular complexity index is 1530. The van der Waals surface area contributed by atoms with Gasteiger partial charge >= 0.3 is 0 Å². The van der Waals surface area contributed by atoms with Gasteiger partial charge in [-0.15, -0.1) is 0 Å². The molecule has 9 heteroatoms. The maximum atomic E-state index is 12.2. The molecule has 1 unspecified atom stereocenters. The Balaban J connectivity index is 1.38. The predicted octanol–water partition coefficient (Wildman–Crippen LogP) is 4.50. The van der Waals surface area contributed by atoms with Crippen molar-refractivity contribution in [2.45, 2.75) is 43.8 Å². The molecule has 0 spiro atoms. The van der Waals surface area contributed by atoms with Crippen LogP contribution < -0.4 is 9.47 Å². The second-order valence-electron chi connectivity index (χ2n) is 10.2. The van der Waals surface area contributed by atoms with Gasteiger partial charge in [-0.05, 0) is 34.9 Å². The summed E-state index contributed by atoms with van der Waals surface area (Å²) < 4.78 is 35.0. The molecule has 0 aliphatic carbocycles. The summed E-state index contributed by atoms with van der Waals surface area (Å²) in [7, 11) is 0. The molecule has 6 rings (SSSR count). The summed E-state index contributed by atoms with van der Waals surface area (Å²) in [6, 6.07) is 32.6. The highest BCUT2D eigenvalue weighted by Gasteiger charge is 2.63. The molecule has 4 atom stereocenters. The molecule has 0 saturated carbocycles. The van der Waals surface area contributed by atoms with Gasteiger partial charge in [0.2, 0.25) is 18.7 Å². The van der Waals surface area contributed by atoms with E-state index in [4.69, 9.17) is 28.4 Å². The summed E-state index contributed by atoms with van der Waals surface area (Å²) in [6.45, 7) is -0.146. The number of rotatable bonds is 11. The summed E-state index contributed by atoms with van der Waals surface area (Å²) >= 11 is 0. The van der Waals surface area contributed by atoms with E-state index in [2.05, 4.69) is 0 Å². The van der Waals surface area contributed by atoms with Crippen molar-refractivity contribution in [3.63, 3.8) is 0 Å². The van der Waals surface area contributed by atoms with Gasteiger partial charge < -0.3 is 43.7 Å². The Morgan fingerprint density at radius 1 is 0.698 bits per heavy atom. The van der Waals surface area contributed by atoms with Gasteiger partial charge in [-0.3, -0.25) is 0 Å². The molecular formula is C34H32O9. The minimum Gasteiger partial charge on any atom is -0.479 e. The lowest BCUT2D eigenvalue weighted by molar-refractivity contribution is -0.420. The van der Waals surface area contributed by atoms with Crippen molar-refractivity contribution in [3.05, 3.63) is 138 Å².